The second-order valence-electron chi connectivity index (χ2n) is 7.25. The Kier molecular flexibility index (Phi) is 5.02. The molecule has 0 N–H and O–H groups in total. The van der Waals surface area contributed by atoms with Crippen LogP contribution in [0.3, 0.4) is 0 Å². The summed E-state index contributed by atoms with van der Waals surface area (Å²) in [5.41, 5.74) is 0.742. The number of amides is 1. The standard InChI is InChI=1S/C20H25N3O2S/c1-2-14-7-5-6-12-22(14)18(24)13-26-20-21-17-9-4-3-8-16(17)19(25)23(20)15-10-11-15/h3-4,8-9,14-15H,2,5-7,10-13H2,1H3/t14-/m1/s1. The molecule has 0 bridgehead atoms. The predicted molar refractivity (Wildman–Crippen MR) is 105 cm³/mol. The smallest absolute Gasteiger partial charge is 0.262 e. The molecule has 26 heavy (non-hydrogen) atoms. The van der Waals surface area contributed by atoms with Crippen molar-refractivity contribution in [2.75, 3.05) is 12.3 Å². The van der Waals surface area contributed by atoms with Gasteiger partial charge in [-0.15, -0.1) is 0 Å². The van der Waals surface area contributed by atoms with E-state index in [9.17, 15) is 9.59 Å². The number of fused-ring (bicyclic) bond motifs is 1. The van der Waals surface area contributed by atoms with E-state index in [1.807, 2.05) is 33.7 Å². The monoisotopic (exact) mass is 371 g/mol. The number of thioether (sulfide) groups is 1. The van der Waals surface area contributed by atoms with Crippen molar-refractivity contribution in [1.82, 2.24) is 14.5 Å². The molecule has 1 aliphatic heterocycles. The van der Waals surface area contributed by atoms with Crippen molar-refractivity contribution < 1.29 is 4.79 Å². The normalized spacial score (nSPS) is 20.5. The average Bonchev–Trinajstić information content (AvgIpc) is 3.51. The van der Waals surface area contributed by atoms with E-state index in [4.69, 9.17) is 4.98 Å². The van der Waals surface area contributed by atoms with Crippen LogP contribution in [0.2, 0.25) is 0 Å². The van der Waals surface area contributed by atoms with Gasteiger partial charge in [-0.3, -0.25) is 14.2 Å². The van der Waals surface area contributed by atoms with E-state index in [0.717, 1.165) is 38.6 Å². The summed E-state index contributed by atoms with van der Waals surface area (Å²) < 4.78 is 1.81. The summed E-state index contributed by atoms with van der Waals surface area (Å²) in [6.07, 6.45) is 6.46. The zero-order valence-electron chi connectivity index (χ0n) is 15.2. The second kappa shape index (κ2) is 7.43. The van der Waals surface area contributed by atoms with Crippen molar-refractivity contribution in [3.63, 3.8) is 0 Å². The summed E-state index contributed by atoms with van der Waals surface area (Å²) in [7, 11) is 0. The van der Waals surface area contributed by atoms with Crippen LogP contribution in [-0.2, 0) is 4.79 Å². The molecular formula is C20H25N3O2S. The number of benzene rings is 1. The number of piperidine rings is 1. The van der Waals surface area contributed by atoms with E-state index in [0.29, 0.717) is 27.9 Å². The fourth-order valence-corrected chi connectivity index (χ4v) is 4.80. The van der Waals surface area contributed by atoms with Gasteiger partial charge in [0.05, 0.1) is 16.7 Å². The van der Waals surface area contributed by atoms with Crippen molar-refractivity contribution in [3.8, 4) is 0 Å². The fourth-order valence-electron chi connectivity index (χ4n) is 3.84. The van der Waals surface area contributed by atoms with Gasteiger partial charge in [-0.25, -0.2) is 4.98 Å². The van der Waals surface area contributed by atoms with Gasteiger partial charge in [0.15, 0.2) is 5.16 Å². The van der Waals surface area contributed by atoms with Crippen LogP contribution in [0.15, 0.2) is 34.2 Å². The van der Waals surface area contributed by atoms with Crippen LogP contribution in [0.5, 0.6) is 0 Å². The Balaban J connectivity index is 1.58. The number of rotatable bonds is 5. The molecule has 2 heterocycles. The highest BCUT2D eigenvalue weighted by molar-refractivity contribution is 7.99. The summed E-state index contributed by atoms with van der Waals surface area (Å²) in [6.45, 7) is 3.01. The molecule has 138 valence electrons. The summed E-state index contributed by atoms with van der Waals surface area (Å²) in [4.78, 5) is 32.4. The maximum absolute atomic E-state index is 12.9. The van der Waals surface area contributed by atoms with Crippen molar-refractivity contribution in [2.45, 2.75) is 62.7 Å². The zero-order valence-corrected chi connectivity index (χ0v) is 16.0. The summed E-state index contributed by atoms with van der Waals surface area (Å²) in [5, 5.41) is 1.35. The minimum Gasteiger partial charge on any atom is -0.339 e. The molecule has 1 aliphatic carbocycles. The molecule has 5 nitrogen and oxygen atoms in total. The highest BCUT2D eigenvalue weighted by Crippen LogP contribution is 2.37. The maximum atomic E-state index is 12.9. The minimum absolute atomic E-state index is 0.0254. The molecular weight excluding hydrogens is 346 g/mol. The van der Waals surface area contributed by atoms with Crippen molar-refractivity contribution in [3.05, 3.63) is 34.6 Å². The van der Waals surface area contributed by atoms with Gasteiger partial charge in [-0.2, -0.15) is 0 Å². The van der Waals surface area contributed by atoms with Gasteiger partial charge in [-0.05, 0) is 50.7 Å². The number of hydrogen-bond acceptors (Lipinski definition) is 4. The largest absolute Gasteiger partial charge is 0.339 e. The Bertz CT molecular complexity index is 875. The lowest BCUT2D eigenvalue weighted by molar-refractivity contribution is -0.132. The Morgan fingerprint density at radius 2 is 2.04 bits per heavy atom. The highest BCUT2D eigenvalue weighted by Gasteiger charge is 2.30. The molecule has 1 aromatic carbocycles. The Hall–Kier alpha value is -1.82. The zero-order chi connectivity index (χ0) is 18.1. The highest BCUT2D eigenvalue weighted by atomic mass is 32.2. The first-order chi connectivity index (χ1) is 12.7. The topological polar surface area (TPSA) is 55.2 Å². The van der Waals surface area contributed by atoms with Gasteiger partial charge in [-0.1, -0.05) is 30.8 Å². The van der Waals surface area contributed by atoms with Gasteiger partial charge in [0, 0.05) is 18.6 Å². The van der Waals surface area contributed by atoms with Crippen LogP contribution in [0, 0.1) is 0 Å². The lowest BCUT2D eigenvalue weighted by Gasteiger charge is -2.35. The van der Waals surface area contributed by atoms with Gasteiger partial charge in [0.2, 0.25) is 5.91 Å². The van der Waals surface area contributed by atoms with E-state index in [-0.39, 0.29) is 17.5 Å². The predicted octanol–water partition coefficient (Wildman–Crippen LogP) is 3.61. The van der Waals surface area contributed by atoms with E-state index >= 15 is 0 Å². The Morgan fingerprint density at radius 3 is 2.81 bits per heavy atom. The summed E-state index contributed by atoms with van der Waals surface area (Å²) in [6, 6.07) is 8.10. The molecule has 0 spiro atoms. The third-order valence-corrected chi connectivity index (χ3v) is 6.37. The van der Waals surface area contributed by atoms with Crippen LogP contribution < -0.4 is 5.56 Å². The third-order valence-electron chi connectivity index (χ3n) is 5.43. The lowest BCUT2D eigenvalue weighted by Crippen LogP contribution is -2.44. The summed E-state index contributed by atoms with van der Waals surface area (Å²) >= 11 is 1.42. The van der Waals surface area contributed by atoms with Crippen LogP contribution in [0.4, 0.5) is 0 Å². The molecule has 1 saturated heterocycles. The fraction of sp³-hybridized carbons (Fsp3) is 0.550. The minimum atomic E-state index is 0.0254. The molecule has 0 unspecified atom stereocenters. The molecule has 0 radical (unpaired) electrons. The van der Waals surface area contributed by atoms with Crippen LogP contribution in [-0.4, -0.2) is 38.7 Å². The molecule has 1 saturated carbocycles. The summed E-state index contributed by atoms with van der Waals surface area (Å²) in [5.74, 6) is 0.528. The van der Waals surface area contributed by atoms with Gasteiger partial charge in [0.25, 0.3) is 5.56 Å². The van der Waals surface area contributed by atoms with E-state index in [1.165, 1.54) is 18.2 Å². The number of nitrogens with zero attached hydrogens (tertiary/aromatic N) is 3. The number of aromatic nitrogens is 2. The second-order valence-corrected chi connectivity index (χ2v) is 8.19. The molecule has 2 aromatic rings. The van der Waals surface area contributed by atoms with Gasteiger partial charge in [0.1, 0.15) is 0 Å². The van der Waals surface area contributed by atoms with Gasteiger partial charge < -0.3 is 4.90 Å². The van der Waals surface area contributed by atoms with Crippen molar-refractivity contribution in [2.24, 2.45) is 0 Å². The molecule has 4 rings (SSSR count). The number of hydrogen-bond donors (Lipinski definition) is 0. The number of likely N-dealkylation sites (tertiary alicyclic amines) is 1. The third kappa shape index (κ3) is 3.39. The molecule has 2 aliphatic rings. The first-order valence-electron chi connectivity index (χ1n) is 9.62. The van der Waals surface area contributed by atoms with Crippen LogP contribution in [0.1, 0.15) is 51.5 Å². The molecule has 2 fully saturated rings. The van der Waals surface area contributed by atoms with E-state index < -0.39 is 0 Å². The quantitative estimate of drug-likeness (QED) is 0.595. The van der Waals surface area contributed by atoms with Crippen molar-refractivity contribution in [1.29, 1.82) is 0 Å². The van der Waals surface area contributed by atoms with E-state index in [2.05, 4.69) is 6.92 Å². The van der Waals surface area contributed by atoms with Gasteiger partial charge >= 0.3 is 0 Å². The number of carbonyl (C=O) groups excluding carboxylic acids is 1. The first-order valence-corrected chi connectivity index (χ1v) is 10.6. The Morgan fingerprint density at radius 1 is 1.23 bits per heavy atom. The number of carbonyl (C=O) groups is 1. The van der Waals surface area contributed by atoms with Crippen LogP contribution >= 0.6 is 11.8 Å². The SMILES string of the molecule is CC[C@@H]1CCCCN1C(=O)CSc1nc2ccccc2c(=O)n1C1CC1. The maximum Gasteiger partial charge on any atom is 0.262 e. The molecule has 6 heteroatoms. The first kappa shape index (κ1) is 17.6. The van der Waals surface area contributed by atoms with Crippen molar-refractivity contribution >= 4 is 28.6 Å². The van der Waals surface area contributed by atoms with E-state index in [1.54, 1.807) is 0 Å². The Labute approximate surface area is 157 Å². The molecule has 1 aromatic heterocycles. The average molecular weight is 372 g/mol. The number of para-hydroxylation sites is 1. The molecule has 1 amide bonds. The van der Waals surface area contributed by atoms with Crippen LogP contribution in [0.25, 0.3) is 10.9 Å². The molecule has 1 atom stereocenters. The lowest BCUT2D eigenvalue weighted by atomic mass is 10.0.